The van der Waals surface area contributed by atoms with Gasteiger partial charge in [0.15, 0.2) is 0 Å². The molecule has 3 aromatic rings. The summed E-state index contributed by atoms with van der Waals surface area (Å²) >= 11 is 1.52. The minimum atomic E-state index is -0.208. The molecule has 174 valence electrons. The average molecular weight is 472 g/mol. The number of anilines is 1. The van der Waals surface area contributed by atoms with Gasteiger partial charge >= 0.3 is 0 Å². The lowest BCUT2D eigenvalue weighted by molar-refractivity contribution is -0.126. The highest BCUT2D eigenvalue weighted by atomic mass is 32.1. The molecule has 0 unspecified atom stereocenters. The first-order valence-corrected chi connectivity index (χ1v) is 12.6. The standard InChI is InChI=1S/C28H29N3O2S/c1-3-4-5-10-26(32)31-17-15-22(16-18-31)28-30-25(19-34-28)27(33)29-24-9-7-6-8-23(24)21-13-11-20(2)12-14-21/h6-9,11-14,19,22H,3-4,15-18H2,1-2H3,(H,29,33). The van der Waals surface area contributed by atoms with Crippen LogP contribution in [0.1, 0.15) is 59.6 Å². The van der Waals surface area contributed by atoms with E-state index in [4.69, 9.17) is 0 Å². The minimum absolute atomic E-state index is 0.0849. The van der Waals surface area contributed by atoms with E-state index in [1.165, 1.54) is 16.9 Å². The molecule has 1 aliphatic heterocycles. The molecule has 0 saturated carbocycles. The SMILES string of the molecule is CCCC#CC(=O)N1CCC(c2nc(C(=O)Nc3ccccc3-c3ccc(C)cc3)cs2)CC1. The van der Waals surface area contributed by atoms with E-state index in [1.54, 1.807) is 0 Å². The van der Waals surface area contributed by atoms with Crippen molar-refractivity contribution in [3.05, 3.63) is 70.2 Å². The highest BCUT2D eigenvalue weighted by Crippen LogP contribution is 2.32. The number of carbonyl (C=O) groups is 2. The van der Waals surface area contributed by atoms with E-state index in [1.807, 2.05) is 34.5 Å². The zero-order valence-corrected chi connectivity index (χ0v) is 20.5. The summed E-state index contributed by atoms with van der Waals surface area (Å²) in [6, 6.07) is 16.1. The lowest BCUT2D eigenvalue weighted by Gasteiger charge is -2.29. The smallest absolute Gasteiger partial charge is 0.298 e. The topological polar surface area (TPSA) is 62.3 Å². The quantitative estimate of drug-likeness (QED) is 0.473. The number of unbranched alkanes of at least 4 members (excludes halogenated alkanes) is 1. The van der Waals surface area contributed by atoms with Gasteiger partial charge < -0.3 is 10.2 Å². The largest absolute Gasteiger partial charge is 0.332 e. The number of aromatic nitrogens is 1. The van der Waals surface area contributed by atoms with Crippen molar-refractivity contribution in [2.75, 3.05) is 18.4 Å². The molecule has 1 aromatic heterocycles. The fourth-order valence-electron chi connectivity index (χ4n) is 4.01. The molecule has 2 amide bonds. The summed E-state index contributed by atoms with van der Waals surface area (Å²) in [7, 11) is 0. The summed E-state index contributed by atoms with van der Waals surface area (Å²) in [5.41, 5.74) is 4.43. The molecule has 1 saturated heterocycles. The van der Waals surface area contributed by atoms with Crippen molar-refractivity contribution in [1.29, 1.82) is 0 Å². The van der Waals surface area contributed by atoms with Gasteiger partial charge in [-0.05, 0) is 43.7 Å². The van der Waals surface area contributed by atoms with Crippen LogP contribution < -0.4 is 5.32 Å². The number of nitrogens with zero attached hydrogens (tertiary/aromatic N) is 2. The first-order valence-electron chi connectivity index (χ1n) is 11.8. The van der Waals surface area contributed by atoms with Gasteiger partial charge in [0.05, 0.1) is 5.01 Å². The van der Waals surface area contributed by atoms with Gasteiger partial charge in [0.25, 0.3) is 11.8 Å². The highest BCUT2D eigenvalue weighted by molar-refractivity contribution is 7.10. The zero-order chi connectivity index (χ0) is 23.9. The molecule has 2 aromatic carbocycles. The molecule has 2 heterocycles. The van der Waals surface area contributed by atoms with Crippen LogP contribution in [0, 0.1) is 18.8 Å². The maximum absolute atomic E-state index is 13.0. The molecule has 34 heavy (non-hydrogen) atoms. The van der Waals surface area contributed by atoms with Crippen LogP contribution in [-0.4, -0.2) is 34.8 Å². The normalized spacial score (nSPS) is 13.8. The van der Waals surface area contributed by atoms with Crippen LogP contribution in [-0.2, 0) is 4.79 Å². The summed E-state index contributed by atoms with van der Waals surface area (Å²) in [6.45, 7) is 5.46. The Hall–Kier alpha value is -3.43. The molecule has 0 radical (unpaired) electrons. The van der Waals surface area contributed by atoms with E-state index in [2.05, 4.69) is 60.3 Å². The first-order chi connectivity index (χ1) is 16.5. The van der Waals surface area contributed by atoms with Crippen LogP contribution >= 0.6 is 11.3 Å². The van der Waals surface area contributed by atoms with E-state index >= 15 is 0 Å². The van der Waals surface area contributed by atoms with Gasteiger partial charge in [0, 0.05) is 42.1 Å². The number of rotatable bonds is 5. The van der Waals surface area contributed by atoms with E-state index in [0.717, 1.165) is 47.5 Å². The Bertz CT molecular complexity index is 1210. The molecule has 0 atom stereocenters. The predicted octanol–water partition coefficient (Wildman–Crippen LogP) is 5.88. The van der Waals surface area contributed by atoms with E-state index in [0.29, 0.717) is 18.8 Å². The zero-order valence-electron chi connectivity index (χ0n) is 19.6. The fraction of sp³-hybridized carbons (Fsp3) is 0.321. The summed E-state index contributed by atoms with van der Waals surface area (Å²) in [5.74, 6) is 5.64. The Morgan fingerprint density at radius 1 is 1.12 bits per heavy atom. The maximum atomic E-state index is 13.0. The Balaban J connectivity index is 1.39. The van der Waals surface area contributed by atoms with Crippen molar-refractivity contribution in [3.8, 4) is 23.0 Å². The molecule has 0 aliphatic carbocycles. The maximum Gasteiger partial charge on any atom is 0.298 e. The van der Waals surface area contributed by atoms with Crippen molar-refractivity contribution in [2.45, 2.75) is 45.4 Å². The van der Waals surface area contributed by atoms with Gasteiger partial charge in [-0.25, -0.2) is 4.98 Å². The summed E-state index contributed by atoms with van der Waals surface area (Å²) in [5, 5.41) is 5.83. The number of piperidine rings is 1. The van der Waals surface area contributed by atoms with Crippen LogP contribution in [0.2, 0.25) is 0 Å². The third kappa shape index (κ3) is 5.73. The fourth-order valence-corrected chi connectivity index (χ4v) is 4.99. The highest BCUT2D eigenvalue weighted by Gasteiger charge is 2.26. The second-order valence-electron chi connectivity index (χ2n) is 8.55. The number of carbonyl (C=O) groups excluding carboxylic acids is 2. The molecule has 1 fully saturated rings. The number of amides is 2. The van der Waals surface area contributed by atoms with E-state index < -0.39 is 0 Å². The van der Waals surface area contributed by atoms with Crippen LogP contribution in [0.3, 0.4) is 0 Å². The Kier molecular flexibility index (Phi) is 7.76. The minimum Gasteiger partial charge on any atom is -0.332 e. The number of benzene rings is 2. The van der Waals surface area contributed by atoms with E-state index in [-0.39, 0.29) is 17.7 Å². The number of hydrogen-bond donors (Lipinski definition) is 1. The molecule has 0 bridgehead atoms. The Morgan fingerprint density at radius 3 is 2.59 bits per heavy atom. The summed E-state index contributed by atoms with van der Waals surface area (Å²) in [6.07, 6.45) is 3.39. The Labute approximate surface area is 205 Å². The lowest BCUT2D eigenvalue weighted by Crippen LogP contribution is -2.37. The second-order valence-corrected chi connectivity index (χ2v) is 9.44. The van der Waals surface area contributed by atoms with Crippen LogP contribution in [0.5, 0.6) is 0 Å². The Morgan fingerprint density at radius 2 is 1.85 bits per heavy atom. The van der Waals surface area contributed by atoms with Gasteiger partial charge in [-0.15, -0.1) is 11.3 Å². The second kappa shape index (κ2) is 11.1. The first kappa shape index (κ1) is 23.7. The number of aryl methyl sites for hydroxylation is 1. The lowest BCUT2D eigenvalue weighted by atomic mass is 9.97. The van der Waals surface area contributed by atoms with Crippen molar-refractivity contribution in [3.63, 3.8) is 0 Å². The number of nitrogens with one attached hydrogen (secondary N) is 1. The van der Waals surface area contributed by atoms with Gasteiger partial charge in [0.2, 0.25) is 0 Å². The average Bonchev–Trinajstić information content (AvgIpc) is 3.36. The van der Waals surface area contributed by atoms with Crippen molar-refractivity contribution in [2.24, 2.45) is 0 Å². The molecular formula is C28H29N3O2S. The van der Waals surface area contributed by atoms with Crippen LogP contribution in [0.25, 0.3) is 11.1 Å². The van der Waals surface area contributed by atoms with Crippen LogP contribution in [0.15, 0.2) is 53.9 Å². The van der Waals surface area contributed by atoms with Crippen molar-refractivity contribution in [1.82, 2.24) is 9.88 Å². The van der Waals surface area contributed by atoms with Crippen molar-refractivity contribution < 1.29 is 9.59 Å². The van der Waals surface area contributed by atoms with Gasteiger partial charge in [-0.2, -0.15) is 0 Å². The molecule has 6 heteroatoms. The molecular weight excluding hydrogens is 442 g/mol. The van der Waals surface area contributed by atoms with Crippen LogP contribution in [0.4, 0.5) is 5.69 Å². The predicted molar refractivity (Wildman–Crippen MR) is 138 cm³/mol. The third-order valence-corrected chi connectivity index (χ3v) is 7.00. The van der Waals surface area contributed by atoms with Crippen molar-refractivity contribution >= 4 is 28.8 Å². The summed E-state index contributed by atoms with van der Waals surface area (Å²) < 4.78 is 0. The molecule has 5 nitrogen and oxygen atoms in total. The van der Waals surface area contributed by atoms with Gasteiger partial charge in [0.1, 0.15) is 5.69 Å². The molecule has 4 rings (SSSR count). The van der Waals surface area contributed by atoms with Gasteiger partial charge in [-0.3, -0.25) is 9.59 Å². The third-order valence-electron chi connectivity index (χ3n) is 5.99. The molecule has 1 N–H and O–H groups in total. The monoisotopic (exact) mass is 471 g/mol. The van der Waals surface area contributed by atoms with Gasteiger partial charge in [-0.1, -0.05) is 60.9 Å². The number of likely N-dealkylation sites (tertiary alicyclic amines) is 1. The molecule has 1 aliphatic rings. The van der Waals surface area contributed by atoms with E-state index in [9.17, 15) is 9.59 Å². The number of para-hydroxylation sites is 1. The number of thiazole rings is 1. The number of hydrogen-bond acceptors (Lipinski definition) is 4. The summed E-state index contributed by atoms with van der Waals surface area (Å²) in [4.78, 5) is 31.7. The molecule has 0 spiro atoms.